The minimum atomic E-state index is -0.0997. The molecular weight excluding hydrogens is 380 g/mol. The van der Waals surface area contributed by atoms with E-state index < -0.39 is 0 Å². The second kappa shape index (κ2) is 8.62. The fourth-order valence-corrected chi connectivity index (χ4v) is 3.89. The summed E-state index contributed by atoms with van der Waals surface area (Å²) in [6.45, 7) is 6.09. The van der Waals surface area contributed by atoms with Crippen LogP contribution in [0.1, 0.15) is 28.4 Å². The van der Waals surface area contributed by atoms with Gasteiger partial charge in [0.15, 0.2) is 0 Å². The Labute approximate surface area is 175 Å². The van der Waals surface area contributed by atoms with Crippen molar-refractivity contribution in [3.05, 3.63) is 63.8 Å². The zero-order valence-corrected chi connectivity index (χ0v) is 17.3. The Balaban J connectivity index is 1.44. The molecule has 1 aliphatic rings. The van der Waals surface area contributed by atoms with E-state index in [1.807, 2.05) is 25.3 Å². The number of pyridine rings is 3. The number of carbonyl (C=O) groups is 1. The highest BCUT2D eigenvalue weighted by molar-refractivity contribution is 5.99. The molecule has 1 fully saturated rings. The lowest BCUT2D eigenvalue weighted by molar-refractivity contribution is 0.0963. The topological polar surface area (TPSA) is 94.2 Å². The van der Waals surface area contributed by atoms with Gasteiger partial charge in [0.2, 0.25) is 0 Å². The number of amides is 1. The number of fused-ring (bicyclic) bond motifs is 1. The smallest absolute Gasteiger partial charge is 0.253 e. The van der Waals surface area contributed by atoms with Crippen molar-refractivity contribution in [2.24, 2.45) is 0 Å². The van der Waals surface area contributed by atoms with Crippen LogP contribution in [0.5, 0.6) is 0 Å². The maximum atomic E-state index is 12.1. The number of nitrogens with zero attached hydrogens (tertiary/aromatic N) is 4. The lowest BCUT2D eigenvalue weighted by atomic mass is 10.1. The number of anilines is 1. The number of hydrogen-bond acceptors (Lipinski definition) is 6. The van der Waals surface area contributed by atoms with Gasteiger partial charge < -0.3 is 15.2 Å². The number of carbonyl (C=O) groups excluding carboxylic acids is 1. The molecule has 0 atom stereocenters. The Hall–Kier alpha value is -3.26. The van der Waals surface area contributed by atoms with Crippen LogP contribution in [0.2, 0.25) is 0 Å². The minimum absolute atomic E-state index is 0.0408. The van der Waals surface area contributed by atoms with Gasteiger partial charge in [0.1, 0.15) is 0 Å². The minimum Gasteiger partial charge on any atom is -0.367 e. The van der Waals surface area contributed by atoms with E-state index in [4.69, 9.17) is 0 Å². The van der Waals surface area contributed by atoms with Crippen molar-refractivity contribution in [1.82, 2.24) is 25.2 Å². The van der Waals surface area contributed by atoms with Crippen LogP contribution in [0, 0.1) is 0 Å². The molecule has 0 aliphatic carbocycles. The number of aromatic nitrogens is 3. The zero-order chi connectivity index (χ0) is 21.1. The summed E-state index contributed by atoms with van der Waals surface area (Å²) in [5.74, 6) is -0.0997. The normalized spacial score (nSPS) is 14.8. The fraction of sp³-hybridized carbons (Fsp3) is 0.364. The van der Waals surface area contributed by atoms with E-state index in [9.17, 15) is 9.59 Å². The van der Waals surface area contributed by atoms with Crippen molar-refractivity contribution in [1.29, 1.82) is 0 Å². The first-order valence-corrected chi connectivity index (χ1v) is 10.2. The average Bonchev–Trinajstić information content (AvgIpc) is 2.78. The first-order chi connectivity index (χ1) is 14.6. The summed E-state index contributed by atoms with van der Waals surface area (Å²) in [5, 5.41) is 2.69. The van der Waals surface area contributed by atoms with Gasteiger partial charge in [-0.1, -0.05) is 6.92 Å². The van der Waals surface area contributed by atoms with Crippen LogP contribution in [0.25, 0.3) is 11.0 Å². The zero-order valence-electron chi connectivity index (χ0n) is 17.3. The Kier molecular flexibility index (Phi) is 5.76. The molecule has 3 aromatic rings. The van der Waals surface area contributed by atoms with Crippen LogP contribution in [-0.2, 0) is 13.0 Å². The van der Waals surface area contributed by atoms with Crippen molar-refractivity contribution < 1.29 is 4.79 Å². The van der Waals surface area contributed by atoms with Gasteiger partial charge in [0.05, 0.1) is 28.5 Å². The molecule has 4 heterocycles. The summed E-state index contributed by atoms with van der Waals surface area (Å²) >= 11 is 0. The Morgan fingerprint density at radius 1 is 1.20 bits per heavy atom. The second-order valence-corrected chi connectivity index (χ2v) is 7.49. The van der Waals surface area contributed by atoms with Crippen molar-refractivity contribution in [2.45, 2.75) is 19.9 Å². The number of hydrogen-bond donors (Lipinski definition) is 2. The van der Waals surface area contributed by atoms with Gasteiger partial charge in [-0.2, -0.15) is 0 Å². The number of nitrogens with one attached hydrogen (secondary N) is 2. The van der Waals surface area contributed by atoms with E-state index in [1.54, 1.807) is 25.5 Å². The average molecular weight is 406 g/mol. The summed E-state index contributed by atoms with van der Waals surface area (Å²) in [4.78, 5) is 40.5. The van der Waals surface area contributed by atoms with Gasteiger partial charge in [0.25, 0.3) is 11.5 Å². The molecule has 4 rings (SSSR count). The molecule has 1 aliphatic heterocycles. The highest BCUT2D eigenvalue weighted by atomic mass is 16.1. The van der Waals surface area contributed by atoms with Crippen LogP contribution in [0.15, 0.2) is 41.6 Å². The van der Waals surface area contributed by atoms with Gasteiger partial charge in [-0.15, -0.1) is 0 Å². The quantitative estimate of drug-likeness (QED) is 0.668. The summed E-state index contributed by atoms with van der Waals surface area (Å²) in [5.41, 5.74) is 4.90. The molecule has 0 bridgehead atoms. The lowest BCUT2D eigenvalue weighted by Crippen LogP contribution is -2.46. The summed E-state index contributed by atoms with van der Waals surface area (Å²) in [6.07, 6.45) is 5.98. The maximum absolute atomic E-state index is 12.1. The van der Waals surface area contributed by atoms with E-state index in [1.165, 1.54) is 0 Å². The van der Waals surface area contributed by atoms with E-state index in [0.29, 0.717) is 12.0 Å². The Morgan fingerprint density at radius 3 is 2.73 bits per heavy atom. The van der Waals surface area contributed by atoms with Gasteiger partial charge in [0, 0.05) is 57.7 Å². The third-order valence-corrected chi connectivity index (χ3v) is 5.60. The van der Waals surface area contributed by atoms with Crippen LogP contribution >= 0.6 is 0 Å². The van der Waals surface area contributed by atoms with Crippen molar-refractivity contribution in [3.63, 3.8) is 0 Å². The summed E-state index contributed by atoms with van der Waals surface area (Å²) in [6, 6.07) is 5.64. The molecule has 30 heavy (non-hydrogen) atoms. The van der Waals surface area contributed by atoms with Crippen molar-refractivity contribution >= 4 is 22.6 Å². The van der Waals surface area contributed by atoms with Crippen LogP contribution < -0.4 is 15.8 Å². The predicted molar refractivity (Wildman–Crippen MR) is 117 cm³/mol. The van der Waals surface area contributed by atoms with E-state index in [2.05, 4.69) is 30.1 Å². The summed E-state index contributed by atoms with van der Waals surface area (Å²) < 4.78 is 0. The summed E-state index contributed by atoms with van der Waals surface area (Å²) in [7, 11) is 1.64. The second-order valence-electron chi connectivity index (χ2n) is 7.49. The van der Waals surface area contributed by atoms with Crippen LogP contribution in [0.4, 0.5) is 5.69 Å². The van der Waals surface area contributed by atoms with Gasteiger partial charge >= 0.3 is 0 Å². The SMILES string of the molecule is CCc1cc2ncc(CN3CCN(c4cnccc4C(=O)NC)CC3)cc2[nH]c1=O. The molecule has 0 unspecified atom stereocenters. The number of aromatic amines is 1. The predicted octanol–water partition coefficient (Wildman–Crippen LogP) is 1.56. The van der Waals surface area contributed by atoms with E-state index in [-0.39, 0.29) is 11.5 Å². The van der Waals surface area contributed by atoms with E-state index in [0.717, 1.165) is 60.6 Å². The first-order valence-electron chi connectivity index (χ1n) is 10.2. The third kappa shape index (κ3) is 4.04. The van der Waals surface area contributed by atoms with Crippen LogP contribution in [-0.4, -0.2) is 59.0 Å². The molecule has 8 nitrogen and oxygen atoms in total. The first kappa shape index (κ1) is 20.0. The maximum Gasteiger partial charge on any atom is 0.253 e. The molecule has 0 radical (unpaired) electrons. The molecule has 156 valence electrons. The number of H-pyrrole nitrogens is 1. The number of aryl methyl sites for hydroxylation is 1. The standard InChI is InChI=1S/C22H26N6O2/c1-3-16-11-18-19(26-21(16)29)10-15(12-25-18)14-27-6-8-28(9-7-27)20-13-24-5-4-17(20)22(30)23-2/h4-5,10-13H,3,6-9,14H2,1-2H3,(H,23,30)(H,26,29). The highest BCUT2D eigenvalue weighted by Gasteiger charge is 2.21. The Morgan fingerprint density at radius 2 is 2.00 bits per heavy atom. The van der Waals surface area contributed by atoms with Gasteiger partial charge in [-0.3, -0.25) is 24.5 Å². The molecule has 0 spiro atoms. The molecule has 0 saturated carbocycles. The van der Waals surface area contributed by atoms with Gasteiger partial charge in [-0.05, 0) is 30.2 Å². The number of piperazine rings is 1. The largest absolute Gasteiger partial charge is 0.367 e. The lowest BCUT2D eigenvalue weighted by Gasteiger charge is -2.36. The molecule has 2 N–H and O–H groups in total. The van der Waals surface area contributed by atoms with Gasteiger partial charge in [-0.25, -0.2) is 0 Å². The van der Waals surface area contributed by atoms with Crippen LogP contribution in [0.3, 0.4) is 0 Å². The van der Waals surface area contributed by atoms with Crippen molar-refractivity contribution in [2.75, 3.05) is 38.1 Å². The fourth-order valence-electron chi connectivity index (χ4n) is 3.89. The number of rotatable bonds is 5. The molecule has 0 aromatic carbocycles. The highest BCUT2D eigenvalue weighted by Crippen LogP contribution is 2.21. The molecule has 3 aromatic heterocycles. The third-order valence-electron chi connectivity index (χ3n) is 5.60. The van der Waals surface area contributed by atoms with E-state index >= 15 is 0 Å². The molecule has 8 heteroatoms. The van der Waals surface area contributed by atoms with Crippen molar-refractivity contribution in [3.8, 4) is 0 Å². The molecule has 1 saturated heterocycles. The monoisotopic (exact) mass is 406 g/mol. The molecule has 1 amide bonds. The molecular formula is C22H26N6O2. The Bertz CT molecular complexity index is 1120.